The van der Waals surface area contributed by atoms with Crippen molar-refractivity contribution in [1.82, 2.24) is 0 Å². The van der Waals surface area contributed by atoms with Gasteiger partial charge in [-0.05, 0) is 56.1 Å². The number of oxime groups is 1. The van der Waals surface area contributed by atoms with Gasteiger partial charge in [-0.2, -0.15) is 8.42 Å². The van der Waals surface area contributed by atoms with E-state index in [-0.39, 0.29) is 23.1 Å². The minimum Gasteiger partial charge on any atom is -0.462 e. The van der Waals surface area contributed by atoms with Gasteiger partial charge in [-0.1, -0.05) is 50.0 Å². The van der Waals surface area contributed by atoms with Crippen molar-refractivity contribution >= 4 is 21.8 Å². The molecule has 1 aliphatic heterocycles. The molecular formula is C24H38N2O6S. The van der Waals surface area contributed by atoms with Gasteiger partial charge in [0.25, 0.3) is 10.1 Å². The summed E-state index contributed by atoms with van der Waals surface area (Å²) in [7, 11) is -4.02. The Labute approximate surface area is 197 Å². The summed E-state index contributed by atoms with van der Waals surface area (Å²) in [6, 6.07) is 5.99. The van der Waals surface area contributed by atoms with Gasteiger partial charge in [-0.3, -0.25) is 9.35 Å². The molecule has 0 aromatic heterocycles. The van der Waals surface area contributed by atoms with E-state index in [0.717, 1.165) is 30.5 Å². The summed E-state index contributed by atoms with van der Waals surface area (Å²) in [6.45, 7) is 8.99. The number of ether oxygens (including phenoxy) is 1. The van der Waals surface area contributed by atoms with Gasteiger partial charge < -0.3 is 15.3 Å². The molecule has 1 fully saturated rings. The predicted molar refractivity (Wildman–Crippen MR) is 127 cm³/mol. The summed E-state index contributed by atoms with van der Waals surface area (Å²) < 4.78 is 35.3. The van der Waals surface area contributed by atoms with Crippen LogP contribution < -0.4 is 5.73 Å². The van der Waals surface area contributed by atoms with Crippen molar-refractivity contribution in [2.45, 2.75) is 83.3 Å². The van der Waals surface area contributed by atoms with E-state index in [1.165, 1.54) is 18.6 Å². The molecule has 33 heavy (non-hydrogen) atoms. The van der Waals surface area contributed by atoms with Gasteiger partial charge in [0.2, 0.25) is 0 Å². The zero-order chi connectivity index (χ0) is 24.6. The average Bonchev–Trinajstić information content (AvgIpc) is 3.20. The average molecular weight is 483 g/mol. The maximum absolute atomic E-state index is 12.2. The first-order valence-corrected chi connectivity index (χ1v) is 13.1. The van der Waals surface area contributed by atoms with E-state index in [1.54, 1.807) is 12.1 Å². The van der Waals surface area contributed by atoms with Crippen molar-refractivity contribution in [3.63, 3.8) is 0 Å². The topological polar surface area (TPSA) is 128 Å². The third-order valence-electron chi connectivity index (χ3n) is 6.24. The first kappa shape index (κ1) is 27.3. The second-order valence-electron chi connectivity index (χ2n) is 9.47. The van der Waals surface area contributed by atoms with Crippen LogP contribution >= 0.6 is 0 Å². The SMILES string of the molecule is CC1CCC(C(C)C)C(OC(=O)CCC2=NOC(CN)C2)C1.Cc1ccc(S(=O)(=O)O)cc1. The number of esters is 1. The fraction of sp³-hybridized carbons (Fsp3) is 0.667. The minimum atomic E-state index is -4.02. The summed E-state index contributed by atoms with van der Waals surface area (Å²) in [5, 5.41) is 3.99. The highest BCUT2D eigenvalue weighted by molar-refractivity contribution is 7.85. The first-order chi connectivity index (χ1) is 15.5. The highest BCUT2D eigenvalue weighted by Gasteiger charge is 2.33. The van der Waals surface area contributed by atoms with Crippen LogP contribution in [0.25, 0.3) is 0 Å². The number of hydrogen-bond donors (Lipinski definition) is 2. The van der Waals surface area contributed by atoms with E-state index < -0.39 is 10.1 Å². The molecule has 4 unspecified atom stereocenters. The van der Waals surface area contributed by atoms with Gasteiger partial charge >= 0.3 is 5.97 Å². The summed E-state index contributed by atoms with van der Waals surface area (Å²) in [5.41, 5.74) is 7.42. The highest BCUT2D eigenvalue weighted by atomic mass is 32.2. The van der Waals surface area contributed by atoms with Gasteiger partial charge in [-0.15, -0.1) is 0 Å². The summed E-state index contributed by atoms with van der Waals surface area (Å²) in [4.78, 5) is 17.3. The van der Waals surface area contributed by atoms with Crippen molar-refractivity contribution in [3.05, 3.63) is 29.8 Å². The van der Waals surface area contributed by atoms with Crippen molar-refractivity contribution in [2.75, 3.05) is 6.54 Å². The van der Waals surface area contributed by atoms with Crippen LogP contribution in [-0.2, 0) is 24.5 Å². The molecule has 0 amide bonds. The second-order valence-corrected chi connectivity index (χ2v) is 10.9. The van der Waals surface area contributed by atoms with Crippen molar-refractivity contribution in [2.24, 2.45) is 28.6 Å². The molecule has 3 N–H and O–H groups in total. The van der Waals surface area contributed by atoms with Crippen LogP contribution in [0.3, 0.4) is 0 Å². The Morgan fingerprint density at radius 3 is 2.48 bits per heavy atom. The molecule has 0 bridgehead atoms. The first-order valence-electron chi connectivity index (χ1n) is 11.6. The lowest BCUT2D eigenvalue weighted by molar-refractivity contribution is -0.155. The van der Waals surface area contributed by atoms with Crippen molar-refractivity contribution in [3.8, 4) is 0 Å². The van der Waals surface area contributed by atoms with Crippen LogP contribution in [0.4, 0.5) is 0 Å². The van der Waals surface area contributed by atoms with Crippen molar-refractivity contribution in [1.29, 1.82) is 0 Å². The molecule has 2 aliphatic rings. The van der Waals surface area contributed by atoms with E-state index in [9.17, 15) is 13.2 Å². The van der Waals surface area contributed by atoms with Crippen LogP contribution in [0.15, 0.2) is 34.3 Å². The Hall–Kier alpha value is -1.97. The lowest BCUT2D eigenvalue weighted by Gasteiger charge is -2.36. The Morgan fingerprint density at radius 1 is 1.27 bits per heavy atom. The fourth-order valence-corrected chi connectivity index (χ4v) is 4.68. The Balaban J connectivity index is 0.000000294. The predicted octanol–water partition coefficient (Wildman–Crippen LogP) is 4.12. The molecule has 1 saturated carbocycles. The molecule has 8 nitrogen and oxygen atoms in total. The van der Waals surface area contributed by atoms with Crippen LogP contribution in [0.2, 0.25) is 0 Å². The number of aryl methyl sites for hydroxylation is 1. The zero-order valence-electron chi connectivity index (χ0n) is 20.1. The number of hydrogen-bond acceptors (Lipinski definition) is 7. The molecule has 1 aromatic rings. The maximum atomic E-state index is 12.2. The Morgan fingerprint density at radius 2 is 1.94 bits per heavy atom. The van der Waals surface area contributed by atoms with Crippen LogP contribution in [-0.4, -0.2) is 43.4 Å². The molecule has 9 heteroatoms. The third-order valence-corrected chi connectivity index (χ3v) is 7.11. The molecule has 0 radical (unpaired) electrons. The van der Waals surface area contributed by atoms with E-state index in [2.05, 4.69) is 25.9 Å². The largest absolute Gasteiger partial charge is 0.462 e. The van der Waals surface area contributed by atoms with Crippen LogP contribution in [0.1, 0.15) is 64.9 Å². The maximum Gasteiger partial charge on any atom is 0.306 e. The highest BCUT2D eigenvalue weighted by Crippen LogP contribution is 2.35. The standard InChI is InChI=1S/C17H30N2O3.C7H8O3S/c1-11(2)15-6-4-12(3)8-16(15)21-17(20)7-5-13-9-14(10-18)22-19-13;1-6-2-4-7(5-3-6)11(8,9)10/h11-12,14-16H,4-10,18H2,1-3H3;2-5H,1H3,(H,8,9,10). The molecule has 4 atom stereocenters. The fourth-order valence-electron chi connectivity index (χ4n) is 4.20. The summed E-state index contributed by atoms with van der Waals surface area (Å²) in [5.74, 6) is 1.59. The second kappa shape index (κ2) is 12.5. The molecule has 1 aliphatic carbocycles. The number of nitrogens with zero attached hydrogens (tertiary/aromatic N) is 1. The molecule has 0 spiro atoms. The smallest absolute Gasteiger partial charge is 0.306 e. The Bertz CT molecular complexity index is 898. The van der Waals surface area contributed by atoms with E-state index in [0.29, 0.717) is 37.1 Å². The number of rotatable bonds is 7. The summed E-state index contributed by atoms with van der Waals surface area (Å²) in [6.07, 6.45) is 5.19. The molecule has 1 aromatic carbocycles. The zero-order valence-corrected chi connectivity index (χ0v) is 20.9. The van der Waals surface area contributed by atoms with Crippen LogP contribution in [0, 0.1) is 24.7 Å². The number of benzene rings is 1. The molecule has 3 rings (SSSR count). The number of carbonyl (C=O) groups is 1. The molecule has 186 valence electrons. The molecule has 1 heterocycles. The van der Waals surface area contributed by atoms with Gasteiger partial charge in [-0.25, -0.2) is 0 Å². The lowest BCUT2D eigenvalue weighted by atomic mass is 9.75. The minimum absolute atomic E-state index is 0.0180. The van der Waals surface area contributed by atoms with Gasteiger partial charge in [0.05, 0.1) is 17.0 Å². The normalized spacial score (nSPS) is 25.0. The quantitative estimate of drug-likeness (QED) is 0.442. The monoisotopic (exact) mass is 482 g/mol. The van der Waals surface area contributed by atoms with Gasteiger partial charge in [0.15, 0.2) is 0 Å². The molecule has 0 saturated heterocycles. The molecular weight excluding hydrogens is 444 g/mol. The van der Waals surface area contributed by atoms with E-state index >= 15 is 0 Å². The number of nitrogens with two attached hydrogens (primary N) is 1. The van der Waals surface area contributed by atoms with Gasteiger partial charge in [0.1, 0.15) is 12.2 Å². The summed E-state index contributed by atoms with van der Waals surface area (Å²) >= 11 is 0. The van der Waals surface area contributed by atoms with Crippen molar-refractivity contribution < 1.29 is 27.3 Å². The van der Waals surface area contributed by atoms with E-state index in [4.69, 9.17) is 19.9 Å². The van der Waals surface area contributed by atoms with Gasteiger partial charge in [0, 0.05) is 13.0 Å². The lowest BCUT2D eigenvalue weighted by Crippen LogP contribution is -2.35. The third kappa shape index (κ3) is 9.06. The number of carbonyl (C=O) groups excluding carboxylic acids is 1. The van der Waals surface area contributed by atoms with E-state index in [1.807, 2.05) is 6.92 Å². The van der Waals surface area contributed by atoms with Crippen LogP contribution in [0.5, 0.6) is 0 Å². The Kier molecular flexibility index (Phi) is 10.3.